The Balaban J connectivity index is 0.00000128. The number of nitrogens with zero attached hydrogens (tertiary/aromatic N) is 1. The molecule has 0 radical (unpaired) electrons. The topological polar surface area (TPSA) is 38.9 Å². The first-order valence-electron chi connectivity index (χ1n) is 4.93. The van der Waals surface area contributed by atoms with E-state index in [-0.39, 0.29) is 24.8 Å². The van der Waals surface area contributed by atoms with Crippen LogP contribution in [0, 0.1) is 11.8 Å². The lowest BCUT2D eigenvalue weighted by Gasteiger charge is -1.98. The largest absolute Gasteiger partial charge is 0.330 e. The monoisotopic (exact) mass is 268 g/mol. The molecule has 0 bridgehead atoms. The Bertz CT molecular complexity index is 524. The Morgan fingerprint density at radius 1 is 1.12 bits per heavy atom. The molecule has 0 fully saturated rings. The molecule has 0 atom stereocenters. The van der Waals surface area contributed by atoms with Crippen molar-refractivity contribution in [2.75, 3.05) is 6.54 Å². The maximum absolute atomic E-state index is 5.39. The lowest BCUT2D eigenvalue weighted by molar-refractivity contribution is 1.03. The van der Waals surface area contributed by atoms with Gasteiger partial charge in [-0.15, -0.1) is 24.8 Å². The van der Waals surface area contributed by atoms with E-state index in [9.17, 15) is 0 Å². The molecule has 0 spiro atoms. The molecule has 0 aliphatic heterocycles. The van der Waals surface area contributed by atoms with E-state index in [0.29, 0.717) is 6.54 Å². The number of fused-ring (bicyclic) bond motifs is 1. The Labute approximate surface area is 113 Å². The SMILES string of the molecule is Cl.Cl.NCCC#Cc1cncc2ccccc12. The van der Waals surface area contributed by atoms with Gasteiger partial charge >= 0.3 is 0 Å². The molecule has 2 aromatic rings. The zero-order valence-corrected chi connectivity index (χ0v) is 10.9. The molecular weight excluding hydrogens is 255 g/mol. The predicted molar refractivity (Wildman–Crippen MR) is 76.8 cm³/mol. The van der Waals surface area contributed by atoms with Crippen molar-refractivity contribution in [3.63, 3.8) is 0 Å². The van der Waals surface area contributed by atoms with Gasteiger partial charge in [-0.05, 0) is 0 Å². The minimum Gasteiger partial charge on any atom is -0.330 e. The van der Waals surface area contributed by atoms with Crippen molar-refractivity contribution in [1.29, 1.82) is 0 Å². The number of benzene rings is 1. The summed E-state index contributed by atoms with van der Waals surface area (Å²) < 4.78 is 0. The molecule has 2 nitrogen and oxygen atoms in total. The van der Waals surface area contributed by atoms with E-state index in [2.05, 4.69) is 22.9 Å². The third kappa shape index (κ3) is 3.90. The van der Waals surface area contributed by atoms with Crippen LogP contribution in [0.4, 0.5) is 0 Å². The highest BCUT2D eigenvalue weighted by Crippen LogP contribution is 2.15. The third-order valence-corrected chi connectivity index (χ3v) is 2.16. The fourth-order valence-electron chi connectivity index (χ4n) is 1.45. The summed E-state index contributed by atoms with van der Waals surface area (Å²) in [6.45, 7) is 0.602. The van der Waals surface area contributed by atoms with E-state index in [1.165, 1.54) is 0 Å². The number of hydrogen-bond acceptors (Lipinski definition) is 2. The third-order valence-electron chi connectivity index (χ3n) is 2.16. The van der Waals surface area contributed by atoms with Crippen LogP contribution >= 0.6 is 24.8 Å². The van der Waals surface area contributed by atoms with Crippen LogP contribution in [0.15, 0.2) is 36.7 Å². The molecule has 17 heavy (non-hydrogen) atoms. The summed E-state index contributed by atoms with van der Waals surface area (Å²) in [6, 6.07) is 8.11. The molecule has 4 heteroatoms. The lowest BCUT2D eigenvalue weighted by Crippen LogP contribution is -1.95. The minimum absolute atomic E-state index is 0. The quantitative estimate of drug-likeness (QED) is 0.808. The Morgan fingerprint density at radius 2 is 1.88 bits per heavy atom. The van der Waals surface area contributed by atoms with Gasteiger partial charge in [0.2, 0.25) is 0 Å². The zero-order chi connectivity index (χ0) is 10.5. The normalized spacial score (nSPS) is 8.53. The van der Waals surface area contributed by atoms with Crippen molar-refractivity contribution in [1.82, 2.24) is 4.98 Å². The van der Waals surface area contributed by atoms with Gasteiger partial charge in [0.05, 0.1) is 5.56 Å². The summed E-state index contributed by atoms with van der Waals surface area (Å²) in [4.78, 5) is 4.16. The lowest BCUT2D eigenvalue weighted by atomic mass is 10.1. The Kier molecular flexibility index (Phi) is 7.32. The van der Waals surface area contributed by atoms with Crippen LogP contribution in [0.5, 0.6) is 0 Å². The van der Waals surface area contributed by atoms with E-state index in [4.69, 9.17) is 5.73 Å². The standard InChI is InChI=1S/C13H12N2.2ClH/c14-8-4-3-6-12-10-15-9-11-5-1-2-7-13(11)12;;/h1-2,5,7,9-10H,4,8,14H2;2*1H. The molecule has 0 unspecified atom stereocenters. The van der Waals surface area contributed by atoms with Gasteiger partial charge in [0.25, 0.3) is 0 Å². The van der Waals surface area contributed by atoms with Crippen LogP contribution in [0.3, 0.4) is 0 Å². The van der Waals surface area contributed by atoms with E-state index in [0.717, 1.165) is 22.8 Å². The summed E-state index contributed by atoms with van der Waals surface area (Å²) in [5, 5.41) is 2.27. The molecule has 2 rings (SSSR count). The fourth-order valence-corrected chi connectivity index (χ4v) is 1.45. The van der Waals surface area contributed by atoms with Gasteiger partial charge in [-0.25, -0.2) is 0 Å². The molecule has 90 valence electrons. The number of pyridine rings is 1. The Hall–Kier alpha value is -1.27. The second-order valence-corrected chi connectivity index (χ2v) is 3.25. The van der Waals surface area contributed by atoms with Crippen molar-refractivity contribution in [3.05, 3.63) is 42.2 Å². The Morgan fingerprint density at radius 3 is 2.65 bits per heavy atom. The molecule has 2 N–H and O–H groups in total. The smallest absolute Gasteiger partial charge is 0.0507 e. The second kappa shape index (κ2) is 7.92. The van der Waals surface area contributed by atoms with E-state index < -0.39 is 0 Å². The van der Waals surface area contributed by atoms with Crippen molar-refractivity contribution < 1.29 is 0 Å². The molecule has 1 heterocycles. The van der Waals surface area contributed by atoms with Gasteiger partial charge < -0.3 is 5.73 Å². The first-order chi connectivity index (χ1) is 7.42. The molecule has 0 aliphatic rings. The van der Waals surface area contributed by atoms with E-state index >= 15 is 0 Å². The summed E-state index contributed by atoms with van der Waals surface area (Å²) >= 11 is 0. The highest BCUT2D eigenvalue weighted by molar-refractivity contribution is 5.87. The summed E-state index contributed by atoms with van der Waals surface area (Å²) in [5.74, 6) is 6.12. The second-order valence-electron chi connectivity index (χ2n) is 3.25. The van der Waals surface area contributed by atoms with Crippen molar-refractivity contribution in [2.24, 2.45) is 5.73 Å². The summed E-state index contributed by atoms with van der Waals surface area (Å²) in [5.41, 5.74) is 6.36. The molecule has 0 saturated heterocycles. The van der Waals surface area contributed by atoms with Crippen molar-refractivity contribution in [3.8, 4) is 11.8 Å². The van der Waals surface area contributed by atoms with Crippen LogP contribution in [-0.2, 0) is 0 Å². The average molecular weight is 269 g/mol. The summed E-state index contributed by atoms with van der Waals surface area (Å²) in [6.07, 6.45) is 4.37. The van der Waals surface area contributed by atoms with Gasteiger partial charge in [-0.2, -0.15) is 0 Å². The molecular formula is C13H14Cl2N2. The van der Waals surface area contributed by atoms with Crippen LogP contribution < -0.4 is 5.73 Å². The van der Waals surface area contributed by atoms with Crippen LogP contribution in [0.25, 0.3) is 10.8 Å². The minimum atomic E-state index is 0. The van der Waals surface area contributed by atoms with Crippen molar-refractivity contribution >= 4 is 35.6 Å². The van der Waals surface area contributed by atoms with E-state index in [1.54, 1.807) is 6.20 Å². The maximum Gasteiger partial charge on any atom is 0.0507 e. The number of nitrogens with two attached hydrogens (primary N) is 1. The fraction of sp³-hybridized carbons (Fsp3) is 0.154. The maximum atomic E-state index is 5.39. The van der Waals surface area contributed by atoms with Gasteiger partial charge in [-0.3, -0.25) is 4.98 Å². The van der Waals surface area contributed by atoms with Gasteiger partial charge in [0.1, 0.15) is 0 Å². The van der Waals surface area contributed by atoms with Crippen molar-refractivity contribution in [2.45, 2.75) is 6.42 Å². The van der Waals surface area contributed by atoms with E-state index in [1.807, 2.05) is 24.4 Å². The van der Waals surface area contributed by atoms with Gasteiger partial charge in [-0.1, -0.05) is 36.1 Å². The van der Waals surface area contributed by atoms with Gasteiger partial charge in [0, 0.05) is 36.1 Å². The number of hydrogen-bond donors (Lipinski definition) is 1. The molecule has 1 aromatic heterocycles. The first-order valence-corrected chi connectivity index (χ1v) is 4.93. The molecule has 0 saturated carbocycles. The molecule has 0 aliphatic carbocycles. The summed E-state index contributed by atoms with van der Waals surface area (Å²) in [7, 11) is 0. The van der Waals surface area contributed by atoms with Crippen LogP contribution in [0.1, 0.15) is 12.0 Å². The van der Waals surface area contributed by atoms with Gasteiger partial charge in [0.15, 0.2) is 0 Å². The highest BCUT2D eigenvalue weighted by atomic mass is 35.5. The molecule has 0 amide bonds. The predicted octanol–water partition coefficient (Wildman–Crippen LogP) is 2.78. The van der Waals surface area contributed by atoms with Crippen LogP contribution in [0.2, 0.25) is 0 Å². The number of aromatic nitrogens is 1. The first kappa shape index (κ1) is 15.7. The highest BCUT2D eigenvalue weighted by Gasteiger charge is 1.96. The average Bonchev–Trinajstić information content (AvgIpc) is 2.30. The zero-order valence-electron chi connectivity index (χ0n) is 9.22. The van der Waals surface area contributed by atoms with Crippen LogP contribution in [-0.4, -0.2) is 11.5 Å². The number of rotatable bonds is 1. The molecule has 1 aromatic carbocycles. The number of halogens is 2.